The molecule has 35 heavy (non-hydrogen) atoms. The van der Waals surface area contributed by atoms with Gasteiger partial charge < -0.3 is 25.4 Å². The van der Waals surface area contributed by atoms with E-state index in [4.69, 9.17) is 4.74 Å². The number of nitrogens with zero attached hydrogens (tertiary/aromatic N) is 1. The maximum absolute atomic E-state index is 13.0. The predicted octanol–water partition coefficient (Wildman–Crippen LogP) is 3.01. The molecule has 7 nitrogen and oxygen atoms in total. The van der Waals surface area contributed by atoms with Gasteiger partial charge in [-0.05, 0) is 54.5 Å². The van der Waals surface area contributed by atoms with Crippen molar-refractivity contribution in [2.24, 2.45) is 0 Å². The summed E-state index contributed by atoms with van der Waals surface area (Å²) in [5, 5.41) is 17.4. The molecule has 0 radical (unpaired) electrons. The van der Waals surface area contributed by atoms with Crippen LogP contribution in [-0.2, 0) is 22.6 Å². The van der Waals surface area contributed by atoms with Crippen LogP contribution in [0.15, 0.2) is 48.5 Å². The maximum atomic E-state index is 13.0. The Morgan fingerprint density at radius 1 is 1.17 bits per heavy atom. The van der Waals surface area contributed by atoms with Crippen molar-refractivity contribution >= 4 is 11.8 Å². The molecule has 2 amide bonds. The van der Waals surface area contributed by atoms with Crippen LogP contribution in [0.1, 0.15) is 56.2 Å². The van der Waals surface area contributed by atoms with E-state index in [-0.39, 0.29) is 11.8 Å². The first-order chi connectivity index (χ1) is 16.7. The molecule has 0 saturated heterocycles. The molecule has 2 bridgehead atoms. The molecule has 1 aliphatic heterocycles. The van der Waals surface area contributed by atoms with Gasteiger partial charge in [0.25, 0.3) is 0 Å². The second-order valence-corrected chi connectivity index (χ2v) is 9.70. The summed E-state index contributed by atoms with van der Waals surface area (Å²) in [6, 6.07) is 14.9. The van der Waals surface area contributed by atoms with E-state index < -0.39 is 18.2 Å². The second-order valence-electron chi connectivity index (χ2n) is 9.70. The van der Waals surface area contributed by atoms with E-state index in [1.165, 1.54) is 10.5 Å². The lowest BCUT2D eigenvalue weighted by molar-refractivity contribution is -0.139. The fourth-order valence-electron chi connectivity index (χ4n) is 4.15. The first-order valence-corrected chi connectivity index (χ1v) is 12.5. The molecule has 0 spiro atoms. The second kappa shape index (κ2) is 12.7. The Morgan fingerprint density at radius 2 is 1.94 bits per heavy atom. The highest BCUT2D eigenvalue weighted by Crippen LogP contribution is 2.18. The van der Waals surface area contributed by atoms with Gasteiger partial charge in [0.15, 0.2) is 0 Å². The fourth-order valence-corrected chi connectivity index (χ4v) is 4.15. The molecule has 1 heterocycles. The summed E-state index contributed by atoms with van der Waals surface area (Å²) in [6.07, 6.45) is 0.508. The number of carbonyl (C=O) groups is 2. The van der Waals surface area contributed by atoms with Crippen molar-refractivity contribution < 1.29 is 19.4 Å². The van der Waals surface area contributed by atoms with Crippen LogP contribution < -0.4 is 15.4 Å². The number of amides is 2. The highest BCUT2D eigenvalue weighted by atomic mass is 16.5. The minimum Gasteiger partial charge on any atom is -0.494 e. The molecule has 2 aromatic carbocycles. The van der Waals surface area contributed by atoms with Crippen molar-refractivity contribution in [3.8, 4) is 5.75 Å². The van der Waals surface area contributed by atoms with Crippen LogP contribution in [0.4, 0.5) is 0 Å². The van der Waals surface area contributed by atoms with Crippen molar-refractivity contribution in [2.45, 2.75) is 70.7 Å². The molecule has 190 valence electrons. The van der Waals surface area contributed by atoms with Gasteiger partial charge in [-0.3, -0.25) is 9.59 Å². The van der Waals surface area contributed by atoms with Gasteiger partial charge in [0.05, 0.1) is 18.8 Å². The molecule has 0 aliphatic carbocycles. The lowest BCUT2D eigenvalue weighted by Crippen LogP contribution is -2.54. The normalized spacial score (nSPS) is 20.7. The van der Waals surface area contributed by atoms with E-state index >= 15 is 0 Å². The van der Waals surface area contributed by atoms with E-state index in [2.05, 4.69) is 48.7 Å². The van der Waals surface area contributed by atoms with E-state index in [1.54, 1.807) is 14.0 Å². The summed E-state index contributed by atoms with van der Waals surface area (Å²) in [7, 11) is 1.64. The SMILES string of the molecule is CC(C)c1cccc(CNC[C@@H](O)[C@@H]2Cc3cccc(c3)OCCCC(=O)N(C)[C@@H](C)C(=O)N2)c1. The first kappa shape index (κ1) is 26.7. The summed E-state index contributed by atoms with van der Waals surface area (Å²) in [6.45, 7) is 7.40. The summed E-state index contributed by atoms with van der Waals surface area (Å²) in [5.41, 5.74) is 3.39. The number of aliphatic hydroxyl groups is 1. The van der Waals surface area contributed by atoms with Crippen molar-refractivity contribution in [3.63, 3.8) is 0 Å². The van der Waals surface area contributed by atoms with Gasteiger partial charge in [0.1, 0.15) is 11.8 Å². The summed E-state index contributed by atoms with van der Waals surface area (Å²) in [4.78, 5) is 27.0. The largest absolute Gasteiger partial charge is 0.494 e. The number of benzene rings is 2. The van der Waals surface area contributed by atoms with Gasteiger partial charge in [-0.2, -0.15) is 0 Å². The lowest BCUT2D eigenvalue weighted by Gasteiger charge is -2.30. The predicted molar refractivity (Wildman–Crippen MR) is 137 cm³/mol. The number of rotatable bonds is 6. The van der Waals surface area contributed by atoms with Gasteiger partial charge in [-0.1, -0.05) is 50.2 Å². The monoisotopic (exact) mass is 481 g/mol. The Kier molecular flexibility index (Phi) is 9.69. The molecule has 3 N–H and O–H groups in total. The Labute approximate surface area is 208 Å². The molecular weight excluding hydrogens is 442 g/mol. The van der Waals surface area contributed by atoms with Gasteiger partial charge in [0.2, 0.25) is 11.8 Å². The first-order valence-electron chi connectivity index (χ1n) is 12.5. The van der Waals surface area contributed by atoms with Crippen molar-refractivity contribution in [2.75, 3.05) is 20.2 Å². The molecule has 0 saturated carbocycles. The zero-order valence-electron chi connectivity index (χ0n) is 21.3. The molecule has 0 aromatic heterocycles. The molecular formula is C28H39N3O4. The average molecular weight is 482 g/mol. The number of ether oxygens (including phenoxy) is 1. The van der Waals surface area contributed by atoms with Crippen molar-refractivity contribution in [3.05, 3.63) is 65.2 Å². The van der Waals surface area contributed by atoms with Gasteiger partial charge in [0, 0.05) is 26.6 Å². The topological polar surface area (TPSA) is 90.9 Å². The third-order valence-corrected chi connectivity index (χ3v) is 6.60. The molecule has 2 aromatic rings. The summed E-state index contributed by atoms with van der Waals surface area (Å²) < 4.78 is 5.83. The number of fused-ring (bicyclic) bond motifs is 2. The van der Waals surface area contributed by atoms with Gasteiger partial charge >= 0.3 is 0 Å². The van der Waals surface area contributed by atoms with E-state index in [1.807, 2.05) is 24.3 Å². The zero-order chi connectivity index (χ0) is 25.4. The smallest absolute Gasteiger partial charge is 0.242 e. The zero-order valence-corrected chi connectivity index (χ0v) is 21.3. The highest BCUT2D eigenvalue weighted by Gasteiger charge is 2.28. The number of hydrogen-bond donors (Lipinski definition) is 3. The summed E-state index contributed by atoms with van der Waals surface area (Å²) in [5.74, 6) is 0.784. The van der Waals surface area contributed by atoms with Crippen LogP contribution in [0.2, 0.25) is 0 Å². The highest BCUT2D eigenvalue weighted by molar-refractivity contribution is 5.87. The molecule has 0 unspecified atom stereocenters. The van der Waals surface area contributed by atoms with Crippen LogP contribution in [0.5, 0.6) is 5.75 Å². The molecule has 3 rings (SSSR count). The Bertz CT molecular complexity index is 994. The third-order valence-electron chi connectivity index (χ3n) is 6.60. The van der Waals surface area contributed by atoms with E-state index in [0.717, 1.165) is 16.9 Å². The van der Waals surface area contributed by atoms with E-state index in [0.29, 0.717) is 44.9 Å². The van der Waals surface area contributed by atoms with Crippen molar-refractivity contribution in [1.29, 1.82) is 0 Å². The van der Waals surface area contributed by atoms with Crippen LogP contribution >= 0.6 is 0 Å². The van der Waals surface area contributed by atoms with Gasteiger partial charge in [-0.15, -0.1) is 0 Å². The van der Waals surface area contributed by atoms with Crippen molar-refractivity contribution in [1.82, 2.24) is 15.5 Å². The number of nitrogens with one attached hydrogen (secondary N) is 2. The van der Waals surface area contributed by atoms with Crippen LogP contribution in [0.25, 0.3) is 0 Å². The molecule has 7 heteroatoms. The Hall–Kier alpha value is -2.90. The number of hydrogen-bond acceptors (Lipinski definition) is 5. The lowest BCUT2D eigenvalue weighted by atomic mass is 9.99. The number of aliphatic hydroxyl groups excluding tert-OH is 1. The number of likely N-dealkylation sites (N-methyl/N-ethyl adjacent to an activating group) is 1. The summed E-state index contributed by atoms with van der Waals surface area (Å²) >= 11 is 0. The van der Waals surface area contributed by atoms with Crippen LogP contribution in [-0.4, -0.2) is 60.2 Å². The minimum atomic E-state index is -0.821. The third kappa shape index (κ3) is 7.80. The molecule has 3 atom stereocenters. The average Bonchev–Trinajstić information content (AvgIpc) is 2.85. The fraction of sp³-hybridized carbons (Fsp3) is 0.500. The number of carbonyl (C=O) groups excluding carboxylic acids is 2. The Balaban J connectivity index is 1.72. The molecule has 1 aliphatic rings. The van der Waals surface area contributed by atoms with Crippen LogP contribution in [0.3, 0.4) is 0 Å². The van der Waals surface area contributed by atoms with Gasteiger partial charge in [-0.25, -0.2) is 0 Å². The molecule has 0 fully saturated rings. The Morgan fingerprint density at radius 3 is 2.71 bits per heavy atom. The van der Waals surface area contributed by atoms with E-state index in [9.17, 15) is 14.7 Å². The van der Waals surface area contributed by atoms with Crippen LogP contribution in [0, 0.1) is 0 Å². The maximum Gasteiger partial charge on any atom is 0.242 e. The minimum absolute atomic E-state index is 0.107. The standard InChI is InChI=1S/C28H39N3O4/c1-19(2)23-10-5-9-22(14-23)17-29-18-26(32)25-16-21-8-6-11-24(15-21)35-13-7-12-27(33)31(4)20(3)28(34)30-25/h5-6,8-11,14-15,19-20,25-26,29,32H,7,12-13,16-18H2,1-4H3,(H,30,34)/t20-,25-,26+/m0/s1. The quantitative estimate of drug-likeness (QED) is 0.590.